The minimum Gasteiger partial charge on any atom is -0.356 e. The van der Waals surface area contributed by atoms with E-state index in [0.29, 0.717) is 18.7 Å². The summed E-state index contributed by atoms with van der Waals surface area (Å²) in [5, 5.41) is 5.64. The minimum absolute atomic E-state index is 0.0145. The molecular formula is C21H23N3O2. The molecule has 134 valence electrons. The Labute approximate surface area is 154 Å². The summed E-state index contributed by atoms with van der Waals surface area (Å²) in [7, 11) is 0. The number of anilines is 1. The third-order valence-electron chi connectivity index (χ3n) is 3.60. The fraction of sp³-hybridized carbons (Fsp3) is 0.286. The van der Waals surface area contributed by atoms with Gasteiger partial charge in [0.2, 0.25) is 11.8 Å². The van der Waals surface area contributed by atoms with Crippen molar-refractivity contribution in [3.63, 3.8) is 0 Å². The van der Waals surface area contributed by atoms with E-state index in [1.807, 2.05) is 42.5 Å². The second kappa shape index (κ2) is 10.7. The molecule has 0 atom stereocenters. The number of pyridine rings is 1. The molecule has 2 N–H and O–H groups in total. The van der Waals surface area contributed by atoms with Crippen LogP contribution in [0.1, 0.15) is 43.9 Å². The molecule has 0 bridgehead atoms. The third kappa shape index (κ3) is 7.63. The molecule has 0 aliphatic carbocycles. The zero-order valence-corrected chi connectivity index (χ0v) is 14.9. The molecule has 2 rings (SSSR count). The summed E-state index contributed by atoms with van der Waals surface area (Å²) in [6.07, 6.45) is 4.75. The molecule has 0 aliphatic rings. The second-order valence-corrected chi connectivity index (χ2v) is 5.89. The predicted molar refractivity (Wildman–Crippen MR) is 102 cm³/mol. The number of benzene rings is 1. The number of hydrogen-bond acceptors (Lipinski definition) is 3. The standard InChI is InChI=1S/C21H23N3O2/c1-17(25)22-14-5-2-3-11-21(26)24-20-10-7-8-18(16-20)12-13-19-9-4-6-15-23-19/h4,6-10,15-16H,2-3,5,11,14H2,1H3,(H,22,25)(H,24,26). The average molecular weight is 349 g/mol. The molecule has 26 heavy (non-hydrogen) atoms. The summed E-state index contributed by atoms with van der Waals surface area (Å²) in [4.78, 5) is 26.9. The largest absolute Gasteiger partial charge is 0.356 e. The molecular weight excluding hydrogens is 326 g/mol. The van der Waals surface area contributed by atoms with Crippen LogP contribution in [0.25, 0.3) is 0 Å². The maximum absolute atomic E-state index is 12.0. The fourth-order valence-corrected chi connectivity index (χ4v) is 2.32. The van der Waals surface area contributed by atoms with Gasteiger partial charge in [0.15, 0.2) is 0 Å². The lowest BCUT2D eigenvalue weighted by atomic mass is 10.1. The Balaban J connectivity index is 1.78. The highest BCUT2D eigenvalue weighted by atomic mass is 16.2. The Hall–Kier alpha value is -3.13. The van der Waals surface area contributed by atoms with Gasteiger partial charge in [-0.1, -0.05) is 24.5 Å². The number of carbonyl (C=O) groups is 2. The monoisotopic (exact) mass is 349 g/mol. The van der Waals surface area contributed by atoms with Crippen LogP contribution in [0.5, 0.6) is 0 Å². The van der Waals surface area contributed by atoms with Crippen molar-refractivity contribution in [2.45, 2.75) is 32.6 Å². The lowest BCUT2D eigenvalue weighted by molar-refractivity contribution is -0.119. The number of hydrogen-bond donors (Lipinski definition) is 2. The number of rotatable bonds is 7. The third-order valence-corrected chi connectivity index (χ3v) is 3.60. The minimum atomic E-state index is -0.0197. The summed E-state index contributed by atoms with van der Waals surface area (Å²) in [6, 6.07) is 13.1. The molecule has 5 heteroatoms. The maximum atomic E-state index is 12.0. The van der Waals surface area contributed by atoms with Crippen LogP contribution < -0.4 is 10.6 Å². The van der Waals surface area contributed by atoms with Crippen LogP contribution in [0.15, 0.2) is 48.7 Å². The molecule has 2 amide bonds. The van der Waals surface area contributed by atoms with Gasteiger partial charge in [0, 0.05) is 37.3 Å². The Morgan fingerprint density at radius 2 is 1.92 bits per heavy atom. The first-order chi connectivity index (χ1) is 12.6. The molecule has 0 fully saturated rings. The van der Waals surface area contributed by atoms with Crippen molar-refractivity contribution in [2.75, 3.05) is 11.9 Å². The predicted octanol–water partition coefficient (Wildman–Crippen LogP) is 3.12. The highest BCUT2D eigenvalue weighted by Gasteiger charge is 2.03. The number of unbranched alkanes of at least 4 members (excludes halogenated alkanes) is 2. The van der Waals surface area contributed by atoms with E-state index >= 15 is 0 Å². The molecule has 0 radical (unpaired) electrons. The van der Waals surface area contributed by atoms with Gasteiger partial charge in [0.1, 0.15) is 5.69 Å². The molecule has 1 heterocycles. The van der Waals surface area contributed by atoms with E-state index < -0.39 is 0 Å². The van der Waals surface area contributed by atoms with Gasteiger partial charge in [-0.05, 0) is 49.1 Å². The Bertz CT molecular complexity index is 792. The average Bonchev–Trinajstić information content (AvgIpc) is 2.64. The van der Waals surface area contributed by atoms with Crippen LogP contribution in [-0.2, 0) is 9.59 Å². The Kier molecular flexibility index (Phi) is 7.88. The summed E-state index contributed by atoms with van der Waals surface area (Å²) in [5.74, 6) is 6.02. The first kappa shape index (κ1) is 19.2. The van der Waals surface area contributed by atoms with Crippen LogP contribution in [0.4, 0.5) is 5.69 Å². The quantitative estimate of drug-likeness (QED) is 0.596. The smallest absolute Gasteiger partial charge is 0.224 e. The van der Waals surface area contributed by atoms with E-state index in [1.165, 1.54) is 6.92 Å². The van der Waals surface area contributed by atoms with Crippen LogP contribution in [0, 0.1) is 11.8 Å². The van der Waals surface area contributed by atoms with Gasteiger partial charge < -0.3 is 10.6 Å². The highest BCUT2D eigenvalue weighted by Crippen LogP contribution is 2.11. The van der Waals surface area contributed by atoms with Crippen LogP contribution in [0.2, 0.25) is 0 Å². The van der Waals surface area contributed by atoms with Crippen molar-refractivity contribution in [1.29, 1.82) is 0 Å². The maximum Gasteiger partial charge on any atom is 0.224 e. The number of amides is 2. The number of nitrogens with zero attached hydrogens (tertiary/aromatic N) is 1. The van der Waals surface area contributed by atoms with E-state index in [2.05, 4.69) is 27.5 Å². The summed E-state index contributed by atoms with van der Waals surface area (Å²) in [6.45, 7) is 2.16. The van der Waals surface area contributed by atoms with Crippen LogP contribution in [0.3, 0.4) is 0 Å². The number of nitrogens with one attached hydrogen (secondary N) is 2. The SMILES string of the molecule is CC(=O)NCCCCCC(=O)Nc1cccc(C#Cc2ccccn2)c1. The summed E-state index contributed by atoms with van der Waals surface area (Å²) < 4.78 is 0. The molecule has 0 saturated carbocycles. The molecule has 0 spiro atoms. The van der Waals surface area contributed by atoms with Gasteiger partial charge in [-0.25, -0.2) is 4.98 Å². The fourth-order valence-electron chi connectivity index (χ4n) is 2.32. The van der Waals surface area contributed by atoms with Gasteiger partial charge >= 0.3 is 0 Å². The molecule has 5 nitrogen and oxygen atoms in total. The lowest BCUT2D eigenvalue weighted by Crippen LogP contribution is -2.20. The van der Waals surface area contributed by atoms with E-state index in [1.54, 1.807) is 6.20 Å². The van der Waals surface area contributed by atoms with Crippen molar-refractivity contribution in [3.8, 4) is 11.8 Å². The van der Waals surface area contributed by atoms with Crippen LogP contribution in [-0.4, -0.2) is 23.3 Å². The zero-order chi connectivity index (χ0) is 18.6. The van der Waals surface area contributed by atoms with Gasteiger partial charge in [0.05, 0.1) is 0 Å². The molecule has 0 unspecified atom stereocenters. The lowest BCUT2D eigenvalue weighted by Gasteiger charge is -2.06. The molecule has 2 aromatic rings. The van der Waals surface area contributed by atoms with Crippen molar-refractivity contribution >= 4 is 17.5 Å². The van der Waals surface area contributed by atoms with E-state index in [-0.39, 0.29) is 11.8 Å². The van der Waals surface area contributed by atoms with Crippen LogP contribution >= 0.6 is 0 Å². The molecule has 1 aromatic carbocycles. The van der Waals surface area contributed by atoms with E-state index in [4.69, 9.17) is 0 Å². The highest BCUT2D eigenvalue weighted by molar-refractivity contribution is 5.90. The topological polar surface area (TPSA) is 71.1 Å². The Morgan fingerprint density at radius 1 is 1.04 bits per heavy atom. The normalized spacial score (nSPS) is 9.73. The zero-order valence-electron chi connectivity index (χ0n) is 14.9. The van der Waals surface area contributed by atoms with Gasteiger partial charge in [-0.2, -0.15) is 0 Å². The second-order valence-electron chi connectivity index (χ2n) is 5.89. The molecule has 1 aromatic heterocycles. The first-order valence-electron chi connectivity index (χ1n) is 8.71. The Morgan fingerprint density at radius 3 is 2.69 bits per heavy atom. The summed E-state index contributed by atoms with van der Waals surface area (Å²) >= 11 is 0. The van der Waals surface area contributed by atoms with Crippen molar-refractivity contribution in [3.05, 3.63) is 59.9 Å². The summed E-state index contributed by atoms with van der Waals surface area (Å²) in [5.41, 5.74) is 2.27. The van der Waals surface area contributed by atoms with E-state index in [9.17, 15) is 9.59 Å². The van der Waals surface area contributed by atoms with Gasteiger partial charge in [-0.15, -0.1) is 0 Å². The van der Waals surface area contributed by atoms with Crippen molar-refractivity contribution < 1.29 is 9.59 Å². The van der Waals surface area contributed by atoms with Crippen molar-refractivity contribution in [1.82, 2.24) is 10.3 Å². The molecule has 0 aliphatic heterocycles. The van der Waals surface area contributed by atoms with E-state index in [0.717, 1.165) is 30.5 Å². The van der Waals surface area contributed by atoms with Gasteiger partial charge in [-0.3, -0.25) is 9.59 Å². The first-order valence-corrected chi connectivity index (χ1v) is 8.71. The number of carbonyl (C=O) groups excluding carboxylic acids is 2. The number of aromatic nitrogens is 1. The van der Waals surface area contributed by atoms with Gasteiger partial charge in [0.25, 0.3) is 0 Å². The van der Waals surface area contributed by atoms with Crippen molar-refractivity contribution in [2.24, 2.45) is 0 Å². The molecule has 0 saturated heterocycles.